The first kappa shape index (κ1) is 12.6. The second kappa shape index (κ2) is 5.21. The largest absolute Gasteiger partial charge is 0.381 e. The quantitative estimate of drug-likeness (QED) is 0.722. The monoisotopic (exact) mass is 267 g/mol. The van der Waals surface area contributed by atoms with Crippen molar-refractivity contribution in [2.45, 2.75) is 37.0 Å². The molecule has 0 amide bonds. The Morgan fingerprint density at radius 2 is 1.94 bits per heavy atom. The summed E-state index contributed by atoms with van der Waals surface area (Å²) >= 11 is 5.82. The van der Waals surface area contributed by atoms with Crippen molar-refractivity contribution in [2.24, 2.45) is 0 Å². The molecule has 0 aliphatic carbocycles. The van der Waals surface area contributed by atoms with Crippen LogP contribution in [0.3, 0.4) is 0 Å². The summed E-state index contributed by atoms with van der Waals surface area (Å²) in [5, 5.41) is -0.259. The highest BCUT2D eigenvalue weighted by Crippen LogP contribution is 2.27. The smallest absolute Gasteiger partial charge is 0.217 e. The molecule has 0 aromatic heterocycles. The number of ether oxygens (including phenoxy) is 1. The van der Waals surface area contributed by atoms with Crippen LogP contribution in [0.15, 0.2) is 0 Å². The molecule has 2 aliphatic heterocycles. The Labute approximate surface area is 102 Å². The Hall–Kier alpha value is 0.160. The molecule has 16 heavy (non-hydrogen) atoms. The summed E-state index contributed by atoms with van der Waals surface area (Å²) in [6.07, 6.45) is 3.06. The average molecular weight is 268 g/mol. The van der Waals surface area contributed by atoms with Gasteiger partial charge >= 0.3 is 0 Å². The van der Waals surface area contributed by atoms with E-state index in [1.165, 1.54) is 0 Å². The van der Waals surface area contributed by atoms with E-state index in [4.69, 9.17) is 16.3 Å². The van der Waals surface area contributed by atoms with E-state index in [1.807, 2.05) is 0 Å². The predicted octanol–water partition coefficient (Wildman–Crippen LogP) is 1.20. The van der Waals surface area contributed by atoms with Gasteiger partial charge in [0.05, 0.1) is 5.25 Å². The minimum absolute atomic E-state index is 0.00881. The molecular formula is C10H18ClNO3S. The number of nitrogens with zero attached hydrogens (tertiary/aromatic N) is 1. The maximum absolute atomic E-state index is 12.4. The summed E-state index contributed by atoms with van der Waals surface area (Å²) in [5.41, 5.74) is 0. The summed E-state index contributed by atoms with van der Waals surface area (Å²) in [4.78, 5) is 0. The third-order valence-electron chi connectivity index (χ3n) is 3.42. The van der Waals surface area contributed by atoms with Gasteiger partial charge < -0.3 is 4.74 Å². The highest BCUT2D eigenvalue weighted by Gasteiger charge is 2.39. The molecule has 2 heterocycles. The summed E-state index contributed by atoms with van der Waals surface area (Å²) in [6.45, 7) is 1.75. The van der Waals surface area contributed by atoms with Crippen LogP contribution in [0, 0.1) is 0 Å². The molecule has 0 radical (unpaired) electrons. The van der Waals surface area contributed by atoms with Crippen molar-refractivity contribution in [3.8, 4) is 0 Å². The average Bonchev–Trinajstić information content (AvgIpc) is 2.79. The molecule has 2 rings (SSSR count). The Bertz CT molecular complexity index is 327. The van der Waals surface area contributed by atoms with Crippen molar-refractivity contribution in [3.05, 3.63) is 0 Å². The lowest BCUT2D eigenvalue weighted by Crippen LogP contribution is -2.44. The lowest BCUT2D eigenvalue weighted by Gasteiger charge is -2.29. The number of alkyl halides is 1. The minimum Gasteiger partial charge on any atom is -0.381 e. The van der Waals surface area contributed by atoms with Crippen LogP contribution in [-0.2, 0) is 14.8 Å². The van der Waals surface area contributed by atoms with Gasteiger partial charge in [0.2, 0.25) is 10.0 Å². The van der Waals surface area contributed by atoms with E-state index in [-0.39, 0.29) is 11.3 Å². The van der Waals surface area contributed by atoms with Crippen LogP contribution in [0.1, 0.15) is 25.7 Å². The zero-order chi connectivity index (χ0) is 11.6. The van der Waals surface area contributed by atoms with Crippen molar-refractivity contribution in [2.75, 3.05) is 25.6 Å². The SMILES string of the molecule is O=S(=O)(C1CCOCC1)N1CCCC1CCl. The zero-order valence-electron chi connectivity index (χ0n) is 9.27. The van der Waals surface area contributed by atoms with E-state index in [1.54, 1.807) is 4.31 Å². The first-order valence-corrected chi connectivity index (χ1v) is 7.84. The van der Waals surface area contributed by atoms with Crippen LogP contribution in [0.25, 0.3) is 0 Å². The molecule has 2 saturated heterocycles. The van der Waals surface area contributed by atoms with Gasteiger partial charge in [-0.1, -0.05) is 0 Å². The van der Waals surface area contributed by atoms with Crippen molar-refractivity contribution in [1.82, 2.24) is 4.31 Å². The Morgan fingerprint density at radius 3 is 2.56 bits per heavy atom. The van der Waals surface area contributed by atoms with Crippen molar-refractivity contribution >= 4 is 21.6 Å². The Balaban J connectivity index is 2.11. The van der Waals surface area contributed by atoms with Gasteiger partial charge in [0.15, 0.2) is 0 Å². The van der Waals surface area contributed by atoms with Crippen molar-refractivity contribution in [1.29, 1.82) is 0 Å². The predicted molar refractivity (Wildman–Crippen MR) is 63.2 cm³/mol. The molecule has 0 aromatic carbocycles. The number of sulfonamides is 1. The second-order valence-electron chi connectivity index (χ2n) is 4.42. The molecule has 0 saturated carbocycles. The van der Waals surface area contributed by atoms with Crippen LogP contribution >= 0.6 is 11.6 Å². The van der Waals surface area contributed by atoms with Gasteiger partial charge in [0.1, 0.15) is 0 Å². The molecule has 1 atom stereocenters. The third kappa shape index (κ3) is 2.37. The van der Waals surface area contributed by atoms with E-state index < -0.39 is 10.0 Å². The van der Waals surface area contributed by atoms with Crippen LogP contribution in [0.2, 0.25) is 0 Å². The van der Waals surface area contributed by atoms with E-state index in [2.05, 4.69) is 0 Å². The van der Waals surface area contributed by atoms with E-state index in [0.717, 1.165) is 12.8 Å². The number of halogens is 1. The van der Waals surface area contributed by atoms with Crippen LogP contribution in [-0.4, -0.2) is 49.7 Å². The van der Waals surface area contributed by atoms with Gasteiger partial charge in [-0.25, -0.2) is 8.42 Å². The number of hydrogen-bond donors (Lipinski definition) is 0. The molecule has 6 heteroatoms. The van der Waals surface area contributed by atoms with Gasteiger partial charge in [-0.3, -0.25) is 0 Å². The van der Waals surface area contributed by atoms with Crippen molar-refractivity contribution in [3.63, 3.8) is 0 Å². The van der Waals surface area contributed by atoms with E-state index in [9.17, 15) is 8.42 Å². The van der Waals surface area contributed by atoms with Gasteiger partial charge in [0.25, 0.3) is 0 Å². The third-order valence-corrected chi connectivity index (χ3v) is 6.22. The standard InChI is InChI=1S/C10H18ClNO3S/c11-8-9-2-1-5-12(9)16(13,14)10-3-6-15-7-4-10/h9-10H,1-8H2. The summed E-state index contributed by atoms with van der Waals surface area (Å²) in [6, 6.07) is 0.00881. The summed E-state index contributed by atoms with van der Waals surface area (Å²) in [7, 11) is -3.15. The lowest BCUT2D eigenvalue weighted by molar-refractivity contribution is 0.0971. The highest BCUT2D eigenvalue weighted by molar-refractivity contribution is 7.89. The minimum atomic E-state index is -3.15. The number of hydrogen-bond acceptors (Lipinski definition) is 3. The van der Waals surface area contributed by atoms with Gasteiger partial charge in [0, 0.05) is 31.7 Å². The molecule has 2 aliphatic rings. The highest BCUT2D eigenvalue weighted by atomic mass is 35.5. The van der Waals surface area contributed by atoms with Crippen LogP contribution in [0.4, 0.5) is 0 Å². The molecule has 0 N–H and O–H groups in total. The summed E-state index contributed by atoms with van der Waals surface area (Å²) < 4.78 is 31.6. The molecule has 4 nitrogen and oxygen atoms in total. The van der Waals surface area contributed by atoms with Crippen LogP contribution < -0.4 is 0 Å². The van der Waals surface area contributed by atoms with E-state index in [0.29, 0.717) is 38.5 Å². The molecule has 2 fully saturated rings. The topological polar surface area (TPSA) is 46.6 Å². The fraction of sp³-hybridized carbons (Fsp3) is 1.00. The molecular weight excluding hydrogens is 250 g/mol. The Kier molecular flexibility index (Phi) is 4.11. The zero-order valence-corrected chi connectivity index (χ0v) is 10.8. The molecule has 0 bridgehead atoms. The maximum atomic E-state index is 12.4. The van der Waals surface area contributed by atoms with E-state index >= 15 is 0 Å². The number of rotatable bonds is 3. The first-order chi connectivity index (χ1) is 7.66. The normalized spacial score (nSPS) is 29.7. The lowest BCUT2D eigenvalue weighted by atomic mass is 10.2. The molecule has 0 aromatic rings. The second-order valence-corrected chi connectivity index (χ2v) is 6.89. The molecule has 0 spiro atoms. The maximum Gasteiger partial charge on any atom is 0.217 e. The van der Waals surface area contributed by atoms with Gasteiger partial charge in [-0.05, 0) is 25.7 Å². The van der Waals surface area contributed by atoms with Gasteiger partial charge in [-0.15, -0.1) is 11.6 Å². The molecule has 1 unspecified atom stereocenters. The summed E-state index contributed by atoms with van der Waals surface area (Å²) in [5.74, 6) is 0.405. The Morgan fingerprint density at radius 1 is 1.25 bits per heavy atom. The molecule has 94 valence electrons. The first-order valence-electron chi connectivity index (χ1n) is 5.80. The fourth-order valence-corrected chi connectivity index (χ4v) is 5.02. The van der Waals surface area contributed by atoms with Gasteiger partial charge in [-0.2, -0.15) is 4.31 Å². The van der Waals surface area contributed by atoms with Crippen LogP contribution in [0.5, 0.6) is 0 Å². The fourth-order valence-electron chi connectivity index (χ4n) is 2.46. The van der Waals surface area contributed by atoms with Crippen molar-refractivity contribution < 1.29 is 13.2 Å².